The van der Waals surface area contributed by atoms with E-state index in [1.54, 1.807) is 6.07 Å². The molecule has 0 amide bonds. The van der Waals surface area contributed by atoms with Gasteiger partial charge in [0.15, 0.2) is 0 Å². The van der Waals surface area contributed by atoms with Crippen molar-refractivity contribution >= 4 is 12.4 Å². The van der Waals surface area contributed by atoms with Crippen molar-refractivity contribution in [2.75, 3.05) is 0 Å². The Hall–Kier alpha value is -2.37. The van der Waals surface area contributed by atoms with Crippen LogP contribution in [0.15, 0.2) is 47.6 Å². The van der Waals surface area contributed by atoms with Crippen molar-refractivity contribution in [1.29, 1.82) is 0 Å². The van der Waals surface area contributed by atoms with Crippen LogP contribution < -0.4 is 4.74 Å². The molecule has 98 valence electrons. The molecular formula is C13H9F3N2O. The van der Waals surface area contributed by atoms with E-state index in [1.807, 2.05) is 0 Å². The van der Waals surface area contributed by atoms with Crippen molar-refractivity contribution in [2.45, 2.75) is 6.18 Å². The van der Waals surface area contributed by atoms with Gasteiger partial charge < -0.3 is 4.74 Å². The summed E-state index contributed by atoms with van der Waals surface area (Å²) >= 11 is 0. The quantitative estimate of drug-likeness (QED) is 0.779. The molecule has 1 aromatic heterocycles. The van der Waals surface area contributed by atoms with Crippen molar-refractivity contribution in [3.8, 4) is 11.6 Å². The Morgan fingerprint density at radius 2 is 1.95 bits per heavy atom. The number of pyridine rings is 1. The summed E-state index contributed by atoms with van der Waals surface area (Å²) in [6, 6.07) is 7.66. The molecule has 0 radical (unpaired) electrons. The summed E-state index contributed by atoms with van der Waals surface area (Å²) in [5, 5.41) is 0. The summed E-state index contributed by atoms with van der Waals surface area (Å²) in [4.78, 5) is 7.56. The first-order valence-electron chi connectivity index (χ1n) is 5.27. The minimum atomic E-state index is -4.41. The molecule has 0 aliphatic heterocycles. The average molecular weight is 266 g/mol. The van der Waals surface area contributed by atoms with Crippen LogP contribution in [0.2, 0.25) is 0 Å². The zero-order valence-corrected chi connectivity index (χ0v) is 9.69. The Balaban J connectivity index is 2.25. The minimum absolute atomic E-state index is 0.0588. The van der Waals surface area contributed by atoms with Crippen molar-refractivity contribution in [3.63, 3.8) is 0 Å². The lowest BCUT2D eigenvalue weighted by molar-refractivity contribution is -0.137. The lowest BCUT2D eigenvalue weighted by Gasteiger charge is -2.09. The van der Waals surface area contributed by atoms with Crippen LogP contribution in [-0.4, -0.2) is 11.7 Å². The number of halogens is 3. The zero-order valence-electron chi connectivity index (χ0n) is 9.69. The van der Waals surface area contributed by atoms with E-state index in [2.05, 4.69) is 16.7 Å². The van der Waals surface area contributed by atoms with Crippen LogP contribution in [-0.2, 0) is 6.18 Å². The number of aromatic nitrogens is 1. The monoisotopic (exact) mass is 266 g/mol. The number of hydrogen-bond donors (Lipinski definition) is 0. The fourth-order valence-electron chi connectivity index (χ4n) is 1.41. The molecule has 0 atom stereocenters. The third-order valence-corrected chi connectivity index (χ3v) is 2.28. The SMILES string of the molecule is C=Nc1ccnc(Oc2cccc(C(F)(F)F)c2)c1. The molecule has 0 bridgehead atoms. The zero-order chi connectivity index (χ0) is 13.9. The number of nitrogens with zero attached hydrogens (tertiary/aromatic N) is 2. The second-order valence-corrected chi connectivity index (χ2v) is 3.64. The highest BCUT2D eigenvalue weighted by Crippen LogP contribution is 2.32. The first-order valence-corrected chi connectivity index (χ1v) is 5.27. The van der Waals surface area contributed by atoms with Gasteiger partial charge in [0.2, 0.25) is 5.88 Å². The number of rotatable bonds is 3. The Kier molecular flexibility index (Phi) is 3.50. The second-order valence-electron chi connectivity index (χ2n) is 3.64. The van der Waals surface area contributed by atoms with E-state index in [0.29, 0.717) is 5.69 Å². The number of hydrogen-bond acceptors (Lipinski definition) is 3. The fraction of sp³-hybridized carbons (Fsp3) is 0.0769. The molecular weight excluding hydrogens is 257 g/mol. The van der Waals surface area contributed by atoms with Gasteiger partial charge in [-0.2, -0.15) is 13.2 Å². The number of aliphatic imine (C=N–C) groups is 1. The smallest absolute Gasteiger partial charge is 0.416 e. The summed E-state index contributed by atoms with van der Waals surface area (Å²) in [5.41, 5.74) is -0.250. The molecule has 0 N–H and O–H groups in total. The van der Waals surface area contributed by atoms with Crippen LogP contribution in [0.5, 0.6) is 11.6 Å². The molecule has 0 spiro atoms. The van der Waals surface area contributed by atoms with Gasteiger partial charge in [-0.3, -0.25) is 4.99 Å². The van der Waals surface area contributed by atoms with Gasteiger partial charge in [0.1, 0.15) is 5.75 Å². The molecule has 0 fully saturated rings. The van der Waals surface area contributed by atoms with Crippen LogP contribution in [0, 0.1) is 0 Å². The van der Waals surface area contributed by atoms with E-state index < -0.39 is 11.7 Å². The largest absolute Gasteiger partial charge is 0.439 e. The van der Waals surface area contributed by atoms with Gasteiger partial charge in [-0.05, 0) is 31.0 Å². The highest BCUT2D eigenvalue weighted by molar-refractivity contribution is 5.47. The molecule has 3 nitrogen and oxygen atoms in total. The van der Waals surface area contributed by atoms with Gasteiger partial charge in [-0.1, -0.05) is 6.07 Å². The van der Waals surface area contributed by atoms with E-state index in [-0.39, 0.29) is 11.6 Å². The van der Waals surface area contributed by atoms with E-state index in [4.69, 9.17) is 4.74 Å². The number of ether oxygens (including phenoxy) is 1. The van der Waals surface area contributed by atoms with E-state index in [0.717, 1.165) is 12.1 Å². The Morgan fingerprint density at radius 3 is 2.63 bits per heavy atom. The van der Waals surface area contributed by atoms with Crippen molar-refractivity contribution in [3.05, 3.63) is 48.2 Å². The highest BCUT2D eigenvalue weighted by Gasteiger charge is 2.30. The molecule has 19 heavy (non-hydrogen) atoms. The van der Waals surface area contributed by atoms with E-state index in [9.17, 15) is 13.2 Å². The molecule has 0 aliphatic rings. The molecule has 0 saturated heterocycles. The van der Waals surface area contributed by atoms with Gasteiger partial charge in [0.05, 0.1) is 11.3 Å². The predicted molar refractivity (Wildman–Crippen MR) is 65.0 cm³/mol. The van der Waals surface area contributed by atoms with Crippen LogP contribution in [0.25, 0.3) is 0 Å². The summed E-state index contributed by atoms with van der Waals surface area (Å²) in [5.74, 6) is 0.216. The first-order chi connectivity index (χ1) is 8.99. The van der Waals surface area contributed by atoms with Crippen molar-refractivity contribution in [1.82, 2.24) is 4.98 Å². The second kappa shape index (κ2) is 5.09. The van der Waals surface area contributed by atoms with Crippen LogP contribution in [0.1, 0.15) is 5.56 Å². The maximum atomic E-state index is 12.5. The van der Waals surface area contributed by atoms with E-state index >= 15 is 0 Å². The molecule has 0 saturated carbocycles. The summed E-state index contributed by atoms with van der Waals surface area (Å²) < 4.78 is 42.9. The van der Waals surface area contributed by atoms with Gasteiger partial charge in [-0.25, -0.2) is 4.98 Å². The predicted octanol–water partition coefficient (Wildman–Crippen LogP) is 4.22. The maximum Gasteiger partial charge on any atom is 0.416 e. The maximum absolute atomic E-state index is 12.5. The van der Waals surface area contributed by atoms with Crippen LogP contribution in [0.3, 0.4) is 0 Å². The van der Waals surface area contributed by atoms with Gasteiger partial charge >= 0.3 is 6.18 Å². The van der Waals surface area contributed by atoms with Gasteiger partial charge in [-0.15, -0.1) is 0 Å². The Morgan fingerprint density at radius 1 is 1.16 bits per heavy atom. The standard InChI is InChI=1S/C13H9F3N2O/c1-17-10-5-6-18-12(8-10)19-11-4-2-3-9(7-11)13(14,15)16/h2-8H,1H2. The molecule has 2 rings (SSSR count). The third kappa shape index (κ3) is 3.31. The minimum Gasteiger partial charge on any atom is -0.439 e. The summed E-state index contributed by atoms with van der Waals surface area (Å²) in [7, 11) is 0. The third-order valence-electron chi connectivity index (χ3n) is 2.28. The van der Waals surface area contributed by atoms with Crippen molar-refractivity contribution in [2.24, 2.45) is 4.99 Å². The summed E-state index contributed by atoms with van der Waals surface area (Å²) in [6.07, 6.45) is -2.97. The molecule has 6 heteroatoms. The molecule has 1 heterocycles. The van der Waals surface area contributed by atoms with Gasteiger partial charge in [0.25, 0.3) is 0 Å². The number of alkyl halides is 3. The highest BCUT2D eigenvalue weighted by atomic mass is 19.4. The first kappa shape index (κ1) is 13.1. The van der Waals surface area contributed by atoms with E-state index in [1.165, 1.54) is 24.4 Å². The molecule has 2 aromatic rings. The molecule has 1 aromatic carbocycles. The lowest BCUT2D eigenvalue weighted by atomic mass is 10.2. The van der Waals surface area contributed by atoms with Crippen LogP contribution >= 0.6 is 0 Å². The lowest BCUT2D eigenvalue weighted by Crippen LogP contribution is -2.04. The summed E-state index contributed by atoms with van der Waals surface area (Å²) in [6.45, 7) is 3.34. The van der Waals surface area contributed by atoms with Crippen LogP contribution in [0.4, 0.5) is 18.9 Å². The average Bonchev–Trinajstić information content (AvgIpc) is 2.38. The Labute approximate surface area is 107 Å². The number of benzene rings is 1. The van der Waals surface area contributed by atoms with Gasteiger partial charge in [0, 0.05) is 12.3 Å². The normalized spacial score (nSPS) is 11.1. The molecule has 0 aliphatic carbocycles. The topological polar surface area (TPSA) is 34.5 Å². The Bertz CT molecular complexity index is 596. The molecule has 0 unspecified atom stereocenters. The fourth-order valence-corrected chi connectivity index (χ4v) is 1.41. The van der Waals surface area contributed by atoms with Crippen molar-refractivity contribution < 1.29 is 17.9 Å².